The molecular formula is C28H46N6O2. The van der Waals surface area contributed by atoms with Gasteiger partial charge >= 0.3 is 0 Å². The zero-order valence-corrected chi connectivity index (χ0v) is 22.6. The van der Waals surface area contributed by atoms with E-state index in [9.17, 15) is 0 Å². The smallest absolute Gasteiger partial charge is 0.119 e. The molecule has 1 aromatic carbocycles. The Morgan fingerprint density at radius 1 is 1.14 bits per heavy atom. The van der Waals surface area contributed by atoms with Crippen molar-refractivity contribution in [2.24, 2.45) is 4.99 Å². The second-order valence-corrected chi connectivity index (χ2v) is 9.58. The molecule has 2 aliphatic heterocycles. The number of hydrogen-bond donors (Lipinski definition) is 1. The highest BCUT2D eigenvalue weighted by molar-refractivity contribution is 5.49. The number of likely N-dealkylation sites (N-methyl/N-ethyl adjacent to an activating group) is 1. The van der Waals surface area contributed by atoms with Crippen molar-refractivity contribution in [3.63, 3.8) is 0 Å². The monoisotopic (exact) mass is 498 g/mol. The average Bonchev–Trinajstić information content (AvgIpc) is 2.92. The van der Waals surface area contributed by atoms with Crippen LogP contribution in [0.5, 0.6) is 5.75 Å². The molecular weight excluding hydrogens is 452 g/mol. The third kappa shape index (κ3) is 8.92. The number of nitrogens with zero attached hydrogens (tertiary/aromatic N) is 5. The van der Waals surface area contributed by atoms with Crippen LogP contribution in [0.1, 0.15) is 19.8 Å². The highest BCUT2D eigenvalue weighted by Gasteiger charge is 2.19. The van der Waals surface area contributed by atoms with Crippen molar-refractivity contribution in [3.05, 3.63) is 47.8 Å². The van der Waals surface area contributed by atoms with Crippen LogP contribution in [0.2, 0.25) is 0 Å². The summed E-state index contributed by atoms with van der Waals surface area (Å²) in [6, 6.07) is 8.55. The van der Waals surface area contributed by atoms with Crippen LogP contribution in [0.4, 0.5) is 5.69 Å². The van der Waals surface area contributed by atoms with E-state index in [0.29, 0.717) is 6.61 Å². The van der Waals surface area contributed by atoms with Crippen LogP contribution in [-0.4, -0.2) is 114 Å². The molecule has 0 unspecified atom stereocenters. The SMILES string of the molecule is C=N/C=C\C(=C(/CNC)COc1ccc(N2CCN(CN(C)CCCC)CC2)cc1)N1CCOCC1. The van der Waals surface area contributed by atoms with Gasteiger partial charge in [-0.1, -0.05) is 13.3 Å². The molecule has 0 saturated carbocycles. The van der Waals surface area contributed by atoms with Crippen molar-refractivity contribution < 1.29 is 9.47 Å². The topological polar surface area (TPSA) is 55.8 Å². The lowest BCUT2D eigenvalue weighted by Crippen LogP contribution is -2.49. The number of allylic oxidation sites excluding steroid dienone is 1. The Labute approximate surface area is 218 Å². The predicted molar refractivity (Wildman–Crippen MR) is 150 cm³/mol. The van der Waals surface area contributed by atoms with Crippen molar-refractivity contribution in [2.45, 2.75) is 19.8 Å². The molecule has 3 rings (SSSR count). The van der Waals surface area contributed by atoms with E-state index in [-0.39, 0.29) is 0 Å². The Bertz CT molecular complexity index is 827. The second kappa shape index (κ2) is 15.7. The van der Waals surface area contributed by atoms with Crippen LogP contribution < -0.4 is 15.0 Å². The maximum Gasteiger partial charge on any atom is 0.119 e. The van der Waals surface area contributed by atoms with Gasteiger partial charge in [-0.05, 0) is 64.1 Å². The zero-order chi connectivity index (χ0) is 25.6. The highest BCUT2D eigenvalue weighted by Crippen LogP contribution is 2.22. The molecule has 2 aliphatic rings. The summed E-state index contributed by atoms with van der Waals surface area (Å²) in [6.07, 6.45) is 6.30. The summed E-state index contributed by atoms with van der Waals surface area (Å²) in [5.41, 5.74) is 3.58. The van der Waals surface area contributed by atoms with Crippen LogP contribution in [0.15, 0.2) is 52.8 Å². The minimum absolute atomic E-state index is 0.512. The normalized spacial score (nSPS) is 18.1. The number of unbranched alkanes of at least 4 members (excludes halogenated alkanes) is 1. The summed E-state index contributed by atoms with van der Waals surface area (Å²) in [4.78, 5) is 13.7. The number of anilines is 1. The van der Waals surface area contributed by atoms with Crippen molar-refractivity contribution in [1.29, 1.82) is 0 Å². The van der Waals surface area contributed by atoms with E-state index in [1.165, 1.54) is 30.6 Å². The summed E-state index contributed by atoms with van der Waals surface area (Å²) >= 11 is 0. The summed E-state index contributed by atoms with van der Waals surface area (Å²) < 4.78 is 11.8. The van der Waals surface area contributed by atoms with Gasteiger partial charge in [-0.3, -0.25) is 14.8 Å². The molecule has 36 heavy (non-hydrogen) atoms. The first-order valence-corrected chi connectivity index (χ1v) is 13.3. The van der Waals surface area contributed by atoms with Gasteiger partial charge < -0.3 is 24.6 Å². The van der Waals surface area contributed by atoms with E-state index in [1.54, 1.807) is 6.20 Å². The lowest BCUT2D eigenvalue weighted by atomic mass is 10.1. The lowest BCUT2D eigenvalue weighted by Gasteiger charge is -2.37. The Balaban J connectivity index is 1.56. The van der Waals surface area contributed by atoms with Crippen molar-refractivity contribution in [2.75, 3.05) is 97.8 Å². The van der Waals surface area contributed by atoms with E-state index < -0.39 is 0 Å². The Morgan fingerprint density at radius 3 is 2.50 bits per heavy atom. The highest BCUT2D eigenvalue weighted by atomic mass is 16.5. The van der Waals surface area contributed by atoms with Gasteiger partial charge in [-0.15, -0.1) is 0 Å². The molecule has 200 valence electrons. The number of piperazine rings is 1. The third-order valence-electron chi connectivity index (χ3n) is 6.76. The van der Waals surface area contributed by atoms with E-state index in [4.69, 9.17) is 9.47 Å². The number of ether oxygens (including phenoxy) is 2. The van der Waals surface area contributed by atoms with Gasteiger partial charge in [0.05, 0.1) is 19.9 Å². The molecule has 0 aromatic heterocycles. The van der Waals surface area contributed by atoms with Crippen LogP contribution in [0.25, 0.3) is 0 Å². The molecule has 2 heterocycles. The molecule has 0 aliphatic carbocycles. The number of nitrogens with one attached hydrogen (secondary N) is 1. The maximum absolute atomic E-state index is 6.24. The Hall–Kier alpha value is -2.39. The lowest BCUT2D eigenvalue weighted by molar-refractivity contribution is 0.0545. The van der Waals surface area contributed by atoms with Crippen molar-refractivity contribution in [1.82, 2.24) is 20.0 Å². The molecule has 0 atom stereocenters. The first-order chi connectivity index (χ1) is 17.6. The zero-order valence-electron chi connectivity index (χ0n) is 22.6. The van der Waals surface area contributed by atoms with Crippen LogP contribution >= 0.6 is 0 Å². The largest absolute Gasteiger partial charge is 0.489 e. The molecule has 8 heteroatoms. The van der Waals surface area contributed by atoms with Crippen molar-refractivity contribution >= 4 is 12.4 Å². The first kappa shape index (κ1) is 28.2. The van der Waals surface area contributed by atoms with Gasteiger partial charge in [0.1, 0.15) is 12.4 Å². The number of morpholine rings is 1. The summed E-state index contributed by atoms with van der Waals surface area (Å²) in [7, 11) is 4.19. The molecule has 1 N–H and O–H groups in total. The van der Waals surface area contributed by atoms with E-state index in [1.807, 2.05) is 13.1 Å². The van der Waals surface area contributed by atoms with E-state index in [2.05, 4.69) is 74.9 Å². The van der Waals surface area contributed by atoms with Gasteiger partial charge in [0, 0.05) is 69.0 Å². The molecule has 0 bridgehead atoms. The summed E-state index contributed by atoms with van der Waals surface area (Å²) in [6.45, 7) is 16.9. The number of rotatable bonds is 14. The van der Waals surface area contributed by atoms with Crippen LogP contribution in [0, 0.1) is 0 Å². The van der Waals surface area contributed by atoms with Gasteiger partial charge in [-0.2, -0.15) is 0 Å². The first-order valence-electron chi connectivity index (χ1n) is 13.3. The summed E-state index contributed by atoms with van der Waals surface area (Å²) in [5, 5.41) is 3.29. The minimum atomic E-state index is 0.512. The molecule has 0 amide bonds. The molecule has 2 saturated heterocycles. The standard InChI is InChI=1S/C28H46N6O2/c1-5-6-13-31(4)24-32-14-16-33(17-15-32)26-7-9-27(10-8-26)36-23-25(22-30-3)28(11-12-29-2)34-18-20-35-21-19-34/h7-12,30H,2,5-6,13-24H2,1,3-4H3/b12-11-,28-25-. The van der Waals surface area contributed by atoms with Gasteiger partial charge in [-0.25, -0.2) is 0 Å². The number of benzene rings is 1. The number of aliphatic imine (C=N–C) groups is 1. The summed E-state index contributed by atoms with van der Waals surface area (Å²) in [5.74, 6) is 0.885. The predicted octanol–water partition coefficient (Wildman–Crippen LogP) is 2.90. The molecule has 1 aromatic rings. The second-order valence-electron chi connectivity index (χ2n) is 9.58. The van der Waals surface area contributed by atoms with Gasteiger partial charge in [0.15, 0.2) is 0 Å². The number of hydrogen-bond acceptors (Lipinski definition) is 8. The minimum Gasteiger partial charge on any atom is -0.489 e. The van der Waals surface area contributed by atoms with Crippen molar-refractivity contribution in [3.8, 4) is 5.75 Å². The Morgan fingerprint density at radius 2 is 1.86 bits per heavy atom. The fourth-order valence-corrected chi connectivity index (χ4v) is 4.71. The van der Waals surface area contributed by atoms with Crippen LogP contribution in [-0.2, 0) is 4.74 Å². The van der Waals surface area contributed by atoms with E-state index in [0.717, 1.165) is 77.1 Å². The average molecular weight is 499 g/mol. The van der Waals surface area contributed by atoms with Gasteiger partial charge in [0.25, 0.3) is 0 Å². The molecule has 8 nitrogen and oxygen atoms in total. The fraction of sp³-hybridized carbons (Fsp3) is 0.607. The van der Waals surface area contributed by atoms with E-state index >= 15 is 0 Å². The molecule has 0 radical (unpaired) electrons. The van der Waals surface area contributed by atoms with Crippen LogP contribution in [0.3, 0.4) is 0 Å². The molecule has 0 spiro atoms. The fourth-order valence-electron chi connectivity index (χ4n) is 4.71. The van der Waals surface area contributed by atoms with Gasteiger partial charge in [0.2, 0.25) is 0 Å². The maximum atomic E-state index is 6.24. The molecule has 2 fully saturated rings. The third-order valence-corrected chi connectivity index (χ3v) is 6.76. The quantitative estimate of drug-likeness (QED) is 0.313. The Kier molecular flexibility index (Phi) is 12.3.